The standard InChI is InChI=1S/C27H34F2N4O6/c1-4-38-21-6-5-19(28)25(24(21)29)39-18-14-23(34)33(15-18)20(13-17-8-11-37-12-9-17)26(35)30-22-7-10-32(31-22)16-27(2,3)36/h5-7,10,14-15,17,20,34,36H,4,8-9,11-13,16H2,1-3H3,(H,30,31,35). The number of benzene rings is 1. The first kappa shape index (κ1) is 28.4. The number of amides is 1. The number of rotatable bonds is 11. The van der Waals surface area contributed by atoms with Crippen LogP contribution in [-0.2, 0) is 16.1 Å². The lowest BCUT2D eigenvalue weighted by atomic mass is 9.92. The fraction of sp³-hybridized carbons (Fsp3) is 0.481. The summed E-state index contributed by atoms with van der Waals surface area (Å²) in [6.07, 6.45) is 4.84. The number of aliphatic hydroxyl groups is 1. The lowest BCUT2D eigenvalue weighted by Crippen LogP contribution is -2.30. The second kappa shape index (κ2) is 12.0. The number of anilines is 1. The van der Waals surface area contributed by atoms with Gasteiger partial charge in [-0.2, -0.15) is 9.49 Å². The molecule has 212 valence electrons. The van der Waals surface area contributed by atoms with Crippen LogP contribution in [0.2, 0.25) is 0 Å². The Morgan fingerprint density at radius 1 is 1.28 bits per heavy atom. The lowest BCUT2D eigenvalue weighted by molar-refractivity contribution is -0.120. The summed E-state index contributed by atoms with van der Waals surface area (Å²) < 4.78 is 48.1. The topological polar surface area (TPSA) is 120 Å². The van der Waals surface area contributed by atoms with E-state index in [1.807, 2.05) is 0 Å². The van der Waals surface area contributed by atoms with Gasteiger partial charge in [0, 0.05) is 31.5 Å². The maximum atomic E-state index is 14.8. The van der Waals surface area contributed by atoms with Gasteiger partial charge >= 0.3 is 0 Å². The number of hydrogen-bond acceptors (Lipinski definition) is 7. The van der Waals surface area contributed by atoms with Gasteiger partial charge in [0.25, 0.3) is 0 Å². The molecule has 1 aromatic carbocycles. The van der Waals surface area contributed by atoms with E-state index in [1.165, 1.54) is 27.6 Å². The number of carbonyl (C=O) groups excluding carboxylic acids is 1. The first-order valence-electron chi connectivity index (χ1n) is 12.9. The number of nitrogens with zero attached hydrogens (tertiary/aromatic N) is 3. The molecular formula is C27H34F2N4O6. The van der Waals surface area contributed by atoms with Gasteiger partial charge in [-0.3, -0.25) is 9.48 Å². The Morgan fingerprint density at radius 2 is 2.03 bits per heavy atom. The van der Waals surface area contributed by atoms with Crippen molar-refractivity contribution in [1.82, 2.24) is 14.3 Å². The van der Waals surface area contributed by atoms with E-state index in [9.17, 15) is 23.8 Å². The van der Waals surface area contributed by atoms with Gasteiger partial charge in [-0.1, -0.05) is 0 Å². The molecule has 1 amide bonds. The van der Waals surface area contributed by atoms with Gasteiger partial charge in [0.1, 0.15) is 11.8 Å². The molecule has 3 N–H and O–H groups in total. The quantitative estimate of drug-likeness (QED) is 0.320. The van der Waals surface area contributed by atoms with E-state index < -0.39 is 34.9 Å². The zero-order valence-electron chi connectivity index (χ0n) is 22.2. The molecular weight excluding hydrogens is 514 g/mol. The van der Waals surface area contributed by atoms with E-state index in [0.717, 1.165) is 18.9 Å². The molecule has 1 fully saturated rings. The van der Waals surface area contributed by atoms with Crippen LogP contribution in [0.15, 0.2) is 36.7 Å². The minimum Gasteiger partial charge on any atom is -0.494 e. The maximum absolute atomic E-state index is 14.8. The highest BCUT2D eigenvalue weighted by Gasteiger charge is 2.29. The molecule has 3 heterocycles. The predicted octanol–water partition coefficient (Wildman–Crippen LogP) is 4.63. The van der Waals surface area contributed by atoms with Crippen molar-refractivity contribution in [2.45, 2.75) is 58.2 Å². The average molecular weight is 549 g/mol. The monoisotopic (exact) mass is 548 g/mol. The number of nitrogens with one attached hydrogen (secondary N) is 1. The molecule has 2 aromatic heterocycles. The number of halogens is 2. The van der Waals surface area contributed by atoms with Crippen molar-refractivity contribution in [1.29, 1.82) is 0 Å². The molecule has 0 aliphatic carbocycles. The molecule has 4 rings (SSSR count). The molecule has 1 aliphatic heterocycles. The zero-order chi connectivity index (χ0) is 28.2. The number of carbonyl (C=O) groups is 1. The van der Waals surface area contributed by atoms with Crippen molar-refractivity contribution >= 4 is 11.7 Å². The Hall–Kier alpha value is -3.64. The Bertz CT molecular complexity index is 1280. The number of aromatic nitrogens is 3. The van der Waals surface area contributed by atoms with Crippen LogP contribution in [0.5, 0.6) is 23.1 Å². The van der Waals surface area contributed by atoms with Crippen molar-refractivity contribution < 1.29 is 38.0 Å². The van der Waals surface area contributed by atoms with Crippen molar-refractivity contribution in [3.05, 3.63) is 48.3 Å². The molecule has 1 atom stereocenters. The van der Waals surface area contributed by atoms with E-state index >= 15 is 0 Å². The molecule has 1 saturated heterocycles. The highest BCUT2D eigenvalue weighted by molar-refractivity contribution is 5.93. The highest BCUT2D eigenvalue weighted by Crippen LogP contribution is 2.37. The van der Waals surface area contributed by atoms with Gasteiger partial charge in [-0.15, -0.1) is 0 Å². The van der Waals surface area contributed by atoms with E-state index in [4.69, 9.17) is 14.2 Å². The third-order valence-electron chi connectivity index (χ3n) is 6.31. The fourth-order valence-electron chi connectivity index (χ4n) is 4.51. The van der Waals surface area contributed by atoms with Crippen LogP contribution in [0.1, 0.15) is 46.1 Å². The summed E-state index contributed by atoms with van der Waals surface area (Å²) in [6.45, 7) is 6.51. The smallest absolute Gasteiger partial charge is 0.248 e. The van der Waals surface area contributed by atoms with E-state index in [0.29, 0.717) is 19.6 Å². The maximum Gasteiger partial charge on any atom is 0.248 e. The Morgan fingerprint density at radius 3 is 2.72 bits per heavy atom. The molecule has 10 nitrogen and oxygen atoms in total. The first-order chi connectivity index (χ1) is 18.5. The molecule has 12 heteroatoms. The van der Waals surface area contributed by atoms with Crippen LogP contribution in [0.4, 0.5) is 14.6 Å². The van der Waals surface area contributed by atoms with Crippen molar-refractivity contribution in [3.63, 3.8) is 0 Å². The third-order valence-corrected chi connectivity index (χ3v) is 6.31. The second-order valence-electron chi connectivity index (χ2n) is 10.2. The summed E-state index contributed by atoms with van der Waals surface area (Å²) in [4.78, 5) is 13.5. The van der Waals surface area contributed by atoms with E-state index in [1.54, 1.807) is 33.0 Å². The van der Waals surface area contributed by atoms with Crippen molar-refractivity contribution in [3.8, 4) is 23.1 Å². The molecule has 0 radical (unpaired) electrons. The molecule has 3 aromatic rings. The first-order valence-corrected chi connectivity index (χ1v) is 12.9. The summed E-state index contributed by atoms with van der Waals surface area (Å²) in [5.74, 6) is -3.19. The fourth-order valence-corrected chi connectivity index (χ4v) is 4.51. The van der Waals surface area contributed by atoms with E-state index in [-0.39, 0.29) is 42.3 Å². The summed E-state index contributed by atoms with van der Waals surface area (Å²) in [7, 11) is 0. The van der Waals surface area contributed by atoms with Gasteiger partial charge in [-0.25, -0.2) is 4.39 Å². The summed E-state index contributed by atoms with van der Waals surface area (Å²) >= 11 is 0. The lowest BCUT2D eigenvalue weighted by Gasteiger charge is -2.27. The minimum atomic E-state index is -1.01. The second-order valence-corrected chi connectivity index (χ2v) is 10.2. The molecule has 39 heavy (non-hydrogen) atoms. The van der Waals surface area contributed by atoms with Gasteiger partial charge in [-0.05, 0) is 58.1 Å². The largest absolute Gasteiger partial charge is 0.494 e. The van der Waals surface area contributed by atoms with Crippen molar-refractivity contribution in [2.75, 3.05) is 25.1 Å². The molecule has 1 unspecified atom stereocenters. The Balaban J connectivity index is 1.58. The highest BCUT2D eigenvalue weighted by atomic mass is 19.1. The van der Waals surface area contributed by atoms with Crippen LogP contribution >= 0.6 is 0 Å². The molecule has 0 saturated carbocycles. The minimum absolute atomic E-state index is 0.0572. The van der Waals surface area contributed by atoms with Gasteiger partial charge in [0.2, 0.25) is 17.5 Å². The van der Waals surface area contributed by atoms with Crippen LogP contribution in [0.25, 0.3) is 0 Å². The van der Waals surface area contributed by atoms with Crippen LogP contribution in [0.3, 0.4) is 0 Å². The van der Waals surface area contributed by atoms with Gasteiger partial charge in [0.15, 0.2) is 23.3 Å². The SMILES string of the molecule is CCOc1ccc(F)c(Oc2cc(O)n(C(CC3CCOCC3)C(=O)Nc3ccn(CC(C)(C)O)n3)c2)c1F. The number of aromatic hydroxyl groups is 1. The molecule has 1 aliphatic rings. The van der Waals surface area contributed by atoms with E-state index in [2.05, 4.69) is 10.4 Å². The van der Waals surface area contributed by atoms with Gasteiger partial charge in [0.05, 0.1) is 24.9 Å². The van der Waals surface area contributed by atoms with Crippen LogP contribution in [0, 0.1) is 17.6 Å². The average Bonchev–Trinajstić information content (AvgIpc) is 3.46. The molecule has 0 bridgehead atoms. The summed E-state index contributed by atoms with van der Waals surface area (Å²) in [6, 6.07) is 4.11. The zero-order valence-corrected chi connectivity index (χ0v) is 22.2. The Kier molecular flexibility index (Phi) is 8.76. The summed E-state index contributed by atoms with van der Waals surface area (Å²) in [5, 5.41) is 27.9. The van der Waals surface area contributed by atoms with Gasteiger partial charge < -0.3 is 34.3 Å². The number of ether oxygens (including phenoxy) is 3. The third kappa shape index (κ3) is 7.27. The normalized spacial score (nSPS) is 15.2. The summed E-state index contributed by atoms with van der Waals surface area (Å²) in [5.41, 5.74) is -0.993. The van der Waals surface area contributed by atoms with Crippen LogP contribution < -0.4 is 14.8 Å². The van der Waals surface area contributed by atoms with Crippen molar-refractivity contribution in [2.24, 2.45) is 5.92 Å². The predicted molar refractivity (Wildman–Crippen MR) is 138 cm³/mol. The molecule has 0 spiro atoms. The Labute approximate surface area is 225 Å². The number of hydrogen-bond donors (Lipinski definition) is 3. The van der Waals surface area contributed by atoms with Crippen LogP contribution in [-0.4, -0.2) is 55.9 Å².